The Morgan fingerprint density at radius 3 is 2.48 bits per heavy atom. The van der Waals surface area contributed by atoms with Crippen molar-refractivity contribution < 1.29 is 14.6 Å². The molecule has 0 aromatic heterocycles. The highest BCUT2D eigenvalue weighted by Crippen LogP contribution is 2.30. The van der Waals surface area contributed by atoms with E-state index in [4.69, 9.17) is 9.47 Å². The lowest BCUT2D eigenvalue weighted by molar-refractivity contribution is 0.0792. The van der Waals surface area contributed by atoms with E-state index in [1.165, 1.54) is 11.1 Å². The molecular weight excluding hydrogens is 392 g/mol. The summed E-state index contributed by atoms with van der Waals surface area (Å²) in [6.45, 7) is 4.69. The molecule has 1 saturated heterocycles. The normalized spacial score (nSPS) is 19.8. The van der Waals surface area contributed by atoms with Crippen LogP contribution >= 0.6 is 0 Å². The molecule has 3 N–H and O–H groups in total. The van der Waals surface area contributed by atoms with Crippen molar-refractivity contribution in [1.82, 2.24) is 15.5 Å². The number of piperidine rings is 1. The zero-order valence-corrected chi connectivity index (χ0v) is 18.1. The summed E-state index contributed by atoms with van der Waals surface area (Å²) in [4.78, 5) is 6.71. The van der Waals surface area contributed by atoms with Gasteiger partial charge < -0.3 is 25.2 Å². The Bertz CT molecular complexity index is 863. The summed E-state index contributed by atoms with van der Waals surface area (Å²) in [7, 11) is 1.77. The summed E-state index contributed by atoms with van der Waals surface area (Å²) in [6, 6.07) is 16.4. The van der Waals surface area contributed by atoms with Crippen LogP contribution in [0.3, 0.4) is 0 Å². The third kappa shape index (κ3) is 6.12. The third-order valence-electron chi connectivity index (χ3n) is 5.73. The van der Waals surface area contributed by atoms with E-state index in [1.807, 2.05) is 24.3 Å². The average Bonchev–Trinajstić information content (AvgIpc) is 2.81. The van der Waals surface area contributed by atoms with Gasteiger partial charge in [-0.3, -0.25) is 9.89 Å². The molecule has 166 valence electrons. The van der Waals surface area contributed by atoms with Gasteiger partial charge in [-0.25, -0.2) is 0 Å². The van der Waals surface area contributed by atoms with E-state index in [1.54, 1.807) is 7.05 Å². The first kappa shape index (κ1) is 21.5. The van der Waals surface area contributed by atoms with Crippen LogP contribution in [0.25, 0.3) is 0 Å². The average molecular weight is 425 g/mol. The lowest BCUT2D eigenvalue weighted by atomic mass is 10.1. The van der Waals surface area contributed by atoms with E-state index >= 15 is 0 Å². The molecule has 7 heteroatoms. The second-order valence-corrected chi connectivity index (χ2v) is 8.13. The van der Waals surface area contributed by atoms with Crippen molar-refractivity contribution in [1.29, 1.82) is 0 Å². The van der Waals surface area contributed by atoms with Crippen molar-refractivity contribution in [3.05, 3.63) is 59.7 Å². The number of aliphatic hydroxyl groups is 1. The maximum absolute atomic E-state index is 9.64. The van der Waals surface area contributed by atoms with Crippen molar-refractivity contribution in [3.8, 4) is 11.5 Å². The highest BCUT2D eigenvalue weighted by Gasteiger charge is 2.20. The van der Waals surface area contributed by atoms with Gasteiger partial charge in [0.1, 0.15) is 12.7 Å². The number of aliphatic hydroxyl groups excluding tert-OH is 1. The molecule has 0 spiro atoms. The van der Waals surface area contributed by atoms with Crippen LogP contribution in [0.4, 0.5) is 0 Å². The molecule has 1 unspecified atom stereocenters. The fourth-order valence-corrected chi connectivity index (χ4v) is 3.88. The van der Waals surface area contributed by atoms with Crippen molar-refractivity contribution in [2.45, 2.75) is 38.1 Å². The largest absolute Gasteiger partial charge is 0.486 e. The van der Waals surface area contributed by atoms with Crippen LogP contribution in [-0.2, 0) is 13.1 Å². The third-order valence-corrected chi connectivity index (χ3v) is 5.73. The number of nitrogens with zero attached hydrogens (tertiary/aromatic N) is 2. The van der Waals surface area contributed by atoms with Gasteiger partial charge in [-0.2, -0.15) is 0 Å². The maximum atomic E-state index is 9.64. The molecule has 2 aromatic carbocycles. The van der Waals surface area contributed by atoms with Gasteiger partial charge in [0.25, 0.3) is 0 Å². The maximum Gasteiger partial charge on any atom is 0.191 e. The van der Waals surface area contributed by atoms with Crippen molar-refractivity contribution in [2.24, 2.45) is 4.99 Å². The molecule has 0 radical (unpaired) electrons. The number of fused-ring (bicyclic) bond motifs is 1. The van der Waals surface area contributed by atoms with Gasteiger partial charge in [-0.1, -0.05) is 36.4 Å². The fraction of sp³-hybridized carbons (Fsp3) is 0.458. The molecule has 1 fully saturated rings. The highest BCUT2D eigenvalue weighted by molar-refractivity contribution is 5.79. The lowest BCUT2D eigenvalue weighted by Gasteiger charge is -2.29. The highest BCUT2D eigenvalue weighted by atomic mass is 16.6. The number of benzene rings is 2. The van der Waals surface area contributed by atoms with Crippen LogP contribution in [0.1, 0.15) is 24.0 Å². The Hall–Kier alpha value is -2.77. The number of hydrogen-bond acceptors (Lipinski definition) is 5. The number of para-hydroxylation sites is 2. The first-order chi connectivity index (χ1) is 15.2. The van der Waals surface area contributed by atoms with Crippen LogP contribution in [0.5, 0.6) is 11.5 Å². The molecule has 31 heavy (non-hydrogen) atoms. The molecule has 2 aromatic rings. The Balaban J connectivity index is 1.20. The fourth-order valence-electron chi connectivity index (χ4n) is 3.88. The van der Waals surface area contributed by atoms with Gasteiger partial charge in [0, 0.05) is 33.2 Å². The zero-order valence-electron chi connectivity index (χ0n) is 18.1. The van der Waals surface area contributed by atoms with Crippen LogP contribution in [-0.4, -0.2) is 61.5 Å². The molecule has 4 rings (SSSR count). The van der Waals surface area contributed by atoms with Gasteiger partial charge in [0.05, 0.1) is 12.6 Å². The van der Waals surface area contributed by atoms with Crippen molar-refractivity contribution in [2.75, 3.05) is 33.3 Å². The van der Waals surface area contributed by atoms with Crippen LogP contribution in [0, 0.1) is 0 Å². The van der Waals surface area contributed by atoms with Gasteiger partial charge in [-0.05, 0) is 36.1 Å². The van der Waals surface area contributed by atoms with E-state index in [0.29, 0.717) is 19.7 Å². The molecular formula is C24H32N4O3. The zero-order chi connectivity index (χ0) is 21.5. The summed E-state index contributed by atoms with van der Waals surface area (Å²) in [6.07, 6.45) is 1.56. The number of aliphatic imine (C=N–C) groups is 1. The molecule has 1 atom stereocenters. The van der Waals surface area contributed by atoms with Crippen molar-refractivity contribution in [3.63, 3.8) is 0 Å². The topological polar surface area (TPSA) is 78.4 Å². The second-order valence-electron chi connectivity index (χ2n) is 8.13. The minimum atomic E-state index is -0.124. The van der Waals surface area contributed by atoms with Gasteiger partial charge in [0.15, 0.2) is 17.5 Å². The molecule has 7 nitrogen and oxygen atoms in total. The van der Waals surface area contributed by atoms with Gasteiger partial charge in [0.2, 0.25) is 0 Å². The van der Waals surface area contributed by atoms with Crippen molar-refractivity contribution >= 4 is 5.96 Å². The number of ether oxygens (including phenoxy) is 2. The summed E-state index contributed by atoms with van der Waals surface area (Å²) in [5.41, 5.74) is 2.50. The predicted molar refractivity (Wildman–Crippen MR) is 122 cm³/mol. The van der Waals surface area contributed by atoms with E-state index in [0.717, 1.165) is 49.9 Å². The summed E-state index contributed by atoms with van der Waals surface area (Å²) in [5.74, 6) is 2.31. The molecule has 2 heterocycles. The number of nitrogens with one attached hydrogen (secondary N) is 2. The number of rotatable bonds is 6. The Morgan fingerprint density at radius 2 is 1.74 bits per heavy atom. The summed E-state index contributed by atoms with van der Waals surface area (Å²) < 4.78 is 11.7. The standard InChI is InChI=1S/C24H32N4O3/c1-25-24(27-15-21-17-30-22-4-2-3-5-23(22)31-21)26-14-18-6-8-19(9-7-18)16-28-12-10-20(29)11-13-28/h2-9,20-21,29H,10-17H2,1H3,(H2,25,26,27). The number of hydrogen-bond donors (Lipinski definition) is 3. The van der Waals surface area contributed by atoms with E-state index in [-0.39, 0.29) is 12.2 Å². The van der Waals surface area contributed by atoms with Crippen LogP contribution < -0.4 is 20.1 Å². The molecule has 0 aliphatic carbocycles. The minimum Gasteiger partial charge on any atom is -0.486 e. The molecule has 2 aliphatic heterocycles. The molecule has 0 bridgehead atoms. The quantitative estimate of drug-likeness (QED) is 0.487. The Kier molecular flexibility index (Phi) is 7.27. The predicted octanol–water partition coefficient (Wildman–Crippen LogP) is 2.15. The van der Waals surface area contributed by atoms with Gasteiger partial charge in [-0.15, -0.1) is 0 Å². The van der Waals surface area contributed by atoms with Crippen LogP contribution in [0.2, 0.25) is 0 Å². The summed E-state index contributed by atoms with van der Waals surface area (Å²) in [5, 5.41) is 16.3. The molecule has 0 saturated carbocycles. The second kappa shape index (κ2) is 10.5. The first-order valence-corrected chi connectivity index (χ1v) is 11.0. The van der Waals surface area contributed by atoms with E-state index < -0.39 is 0 Å². The minimum absolute atomic E-state index is 0.0661. The Labute approximate surface area is 184 Å². The van der Waals surface area contributed by atoms with E-state index in [9.17, 15) is 5.11 Å². The first-order valence-electron chi connectivity index (χ1n) is 11.0. The monoisotopic (exact) mass is 424 g/mol. The Morgan fingerprint density at radius 1 is 1.03 bits per heavy atom. The summed E-state index contributed by atoms with van der Waals surface area (Å²) >= 11 is 0. The van der Waals surface area contributed by atoms with E-state index in [2.05, 4.69) is 44.8 Å². The van der Waals surface area contributed by atoms with Gasteiger partial charge >= 0.3 is 0 Å². The SMILES string of the molecule is CN=C(NCc1ccc(CN2CCC(O)CC2)cc1)NCC1COc2ccccc2O1. The number of likely N-dealkylation sites (tertiary alicyclic amines) is 1. The number of guanidine groups is 1. The van der Waals surface area contributed by atoms with Crippen LogP contribution in [0.15, 0.2) is 53.5 Å². The molecule has 2 aliphatic rings. The molecule has 0 amide bonds. The smallest absolute Gasteiger partial charge is 0.191 e. The lowest BCUT2D eigenvalue weighted by Crippen LogP contribution is -2.45.